The van der Waals surface area contributed by atoms with Gasteiger partial charge in [-0.15, -0.1) is 12.4 Å². The maximum atomic E-state index is 13.2. The summed E-state index contributed by atoms with van der Waals surface area (Å²) in [6, 6.07) is 12.2. The maximum Gasteiger partial charge on any atom is 0.416 e. The molecule has 1 aliphatic rings. The molecule has 1 N–H and O–H groups in total. The number of alkyl halides is 3. The predicted molar refractivity (Wildman–Crippen MR) is 130 cm³/mol. The van der Waals surface area contributed by atoms with Gasteiger partial charge in [0.25, 0.3) is 0 Å². The Kier molecular flexibility index (Phi) is 8.30. The van der Waals surface area contributed by atoms with Crippen molar-refractivity contribution in [2.75, 3.05) is 13.1 Å². The highest BCUT2D eigenvalue weighted by atomic mass is 35.5. The van der Waals surface area contributed by atoms with Crippen molar-refractivity contribution in [2.45, 2.75) is 51.1 Å². The first kappa shape index (κ1) is 27.5. The fraction of sp³-hybridized carbons (Fsp3) is 0.400. The average Bonchev–Trinajstić information content (AvgIpc) is 3.52. The Hall–Kier alpha value is -3.11. The first-order valence-corrected chi connectivity index (χ1v) is 11.3. The molecular formula is C25H28ClF3N4O3. The van der Waals surface area contributed by atoms with Crippen LogP contribution in [0.2, 0.25) is 0 Å². The topological polar surface area (TPSA) is 80.5 Å². The van der Waals surface area contributed by atoms with Crippen LogP contribution >= 0.6 is 12.4 Å². The van der Waals surface area contributed by atoms with Crippen LogP contribution in [-0.2, 0) is 11.0 Å². The molecule has 0 radical (unpaired) electrons. The van der Waals surface area contributed by atoms with Gasteiger partial charge in [0.15, 0.2) is 0 Å². The van der Waals surface area contributed by atoms with E-state index in [1.54, 1.807) is 0 Å². The third kappa shape index (κ3) is 6.17. The van der Waals surface area contributed by atoms with E-state index in [4.69, 9.17) is 9.26 Å². The molecule has 11 heteroatoms. The Balaban J connectivity index is 0.00000361. The zero-order valence-electron chi connectivity index (χ0n) is 20.1. The monoisotopic (exact) mass is 524 g/mol. The number of carbonyl (C=O) groups excluding carboxylic acids is 1. The minimum absolute atomic E-state index is 0. The van der Waals surface area contributed by atoms with Gasteiger partial charge in [0, 0.05) is 18.7 Å². The van der Waals surface area contributed by atoms with E-state index in [0.29, 0.717) is 25.3 Å². The summed E-state index contributed by atoms with van der Waals surface area (Å²) >= 11 is 0. The van der Waals surface area contributed by atoms with Gasteiger partial charge in [0.05, 0.1) is 17.1 Å². The molecule has 2 atom stereocenters. The van der Waals surface area contributed by atoms with E-state index in [1.807, 2.05) is 49.9 Å². The Morgan fingerprint density at radius 2 is 1.92 bits per heavy atom. The molecule has 3 aromatic rings. The molecule has 36 heavy (non-hydrogen) atoms. The molecule has 0 unspecified atom stereocenters. The van der Waals surface area contributed by atoms with Crippen LogP contribution in [0.5, 0.6) is 5.75 Å². The fourth-order valence-electron chi connectivity index (χ4n) is 4.09. The van der Waals surface area contributed by atoms with Crippen LogP contribution in [0.15, 0.2) is 59.4 Å². The summed E-state index contributed by atoms with van der Waals surface area (Å²) in [5, 5.41) is 6.87. The molecular weight excluding hydrogens is 497 g/mol. The average molecular weight is 525 g/mol. The third-order valence-electron chi connectivity index (χ3n) is 6.33. The molecule has 0 spiro atoms. The van der Waals surface area contributed by atoms with Crippen molar-refractivity contribution in [3.63, 3.8) is 0 Å². The molecule has 2 aromatic carbocycles. The number of aromatic nitrogens is 2. The fourth-order valence-corrected chi connectivity index (χ4v) is 4.09. The Morgan fingerprint density at radius 3 is 2.56 bits per heavy atom. The van der Waals surface area contributed by atoms with Gasteiger partial charge in [0.2, 0.25) is 18.1 Å². The minimum atomic E-state index is -4.43. The van der Waals surface area contributed by atoms with E-state index >= 15 is 0 Å². The van der Waals surface area contributed by atoms with Gasteiger partial charge in [-0.1, -0.05) is 35.5 Å². The second-order valence-electron chi connectivity index (χ2n) is 9.13. The van der Waals surface area contributed by atoms with Gasteiger partial charge in [0.1, 0.15) is 11.9 Å². The molecule has 0 bridgehead atoms. The molecule has 7 nitrogen and oxygen atoms in total. The van der Waals surface area contributed by atoms with Crippen molar-refractivity contribution in [1.82, 2.24) is 20.4 Å². The lowest BCUT2D eigenvalue weighted by molar-refractivity contribution is -0.137. The molecule has 4 rings (SSSR count). The highest BCUT2D eigenvalue weighted by Crippen LogP contribution is 2.32. The number of nitrogens with zero attached hydrogens (tertiary/aromatic N) is 3. The molecule has 194 valence electrons. The van der Waals surface area contributed by atoms with Crippen molar-refractivity contribution >= 4 is 18.3 Å². The van der Waals surface area contributed by atoms with Gasteiger partial charge in [-0.05, 0) is 51.0 Å². The Morgan fingerprint density at radius 1 is 1.19 bits per heavy atom. The summed E-state index contributed by atoms with van der Waals surface area (Å²) in [5.74, 6) is 0.518. The summed E-state index contributed by atoms with van der Waals surface area (Å²) in [7, 11) is 0. The first-order valence-electron chi connectivity index (χ1n) is 11.3. The van der Waals surface area contributed by atoms with Gasteiger partial charge >= 0.3 is 6.18 Å². The molecule has 0 saturated carbocycles. The van der Waals surface area contributed by atoms with Crippen LogP contribution in [-0.4, -0.2) is 45.7 Å². The Labute approximate surface area is 213 Å². The number of benzene rings is 2. The number of ether oxygens (including phenoxy) is 1. The zero-order chi connectivity index (χ0) is 25.2. The van der Waals surface area contributed by atoms with E-state index in [-0.39, 0.29) is 36.2 Å². The van der Waals surface area contributed by atoms with Crippen molar-refractivity contribution in [3.8, 4) is 17.1 Å². The second-order valence-corrected chi connectivity index (χ2v) is 9.13. The van der Waals surface area contributed by atoms with Crippen LogP contribution < -0.4 is 10.1 Å². The summed E-state index contributed by atoms with van der Waals surface area (Å²) in [4.78, 5) is 19.2. The highest BCUT2D eigenvalue weighted by molar-refractivity contribution is 5.86. The summed E-state index contributed by atoms with van der Waals surface area (Å²) < 4.78 is 49.5. The number of rotatable bonds is 7. The quantitative estimate of drug-likeness (QED) is 0.452. The molecule has 2 heterocycles. The summed E-state index contributed by atoms with van der Waals surface area (Å²) in [5.41, 5.74) is 0.160. The summed E-state index contributed by atoms with van der Waals surface area (Å²) in [6.07, 6.45) is -2.85. The predicted octanol–water partition coefficient (Wildman–Crippen LogP) is 5.29. The van der Waals surface area contributed by atoms with Crippen molar-refractivity contribution in [1.29, 1.82) is 0 Å². The largest absolute Gasteiger partial charge is 0.489 e. The highest BCUT2D eigenvalue weighted by Gasteiger charge is 2.40. The molecule has 1 fully saturated rings. The number of hydrogen-bond donors (Lipinski definition) is 1. The standard InChI is InChI=1S/C25H27F3N4O3.ClH/c1-16(17-7-9-18(10-8-17)22-29-15-34-31-22)30-23(33)24(2,3)32-12-11-21(14-32)35-20-6-4-5-19(13-20)25(26,27)28;/h4-10,13,15-16,21H,11-12,14H2,1-3H3,(H,30,33);1H/t16-,21+;/m0./s1. The lowest BCUT2D eigenvalue weighted by Crippen LogP contribution is -2.54. The number of nitrogens with one attached hydrogen (secondary N) is 1. The van der Waals surface area contributed by atoms with Crippen LogP contribution in [0.4, 0.5) is 13.2 Å². The Bertz CT molecular complexity index is 1150. The van der Waals surface area contributed by atoms with Gasteiger partial charge < -0.3 is 14.6 Å². The van der Waals surface area contributed by atoms with Crippen molar-refractivity contribution in [2.24, 2.45) is 0 Å². The van der Waals surface area contributed by atoms with Crippen LogP contribution in [0.25, 0.3) is 11.4 Å². The second kappa shape index (κ2) is 10.9. The molecule has 0 aliphatic carbocycles. The lowest BCUT2D eigenvalue weighted by Gasteiger charge is -2.35. The molecule has 1 amide bonds. The van der Waals surface area contributed by atoms with Gasteiger partial charge in [-0.25, -0.2) is 0 Å². The summed E-state index contributed by atoms with van der Waals surface area (Å²) in [6.45, 7) is 6.60. The minimum Gasteiger partial charge on any atom is -0.489 e. The smallest absolute Gasteiger partial charge is 0.416 e. The van der Waals surface area contributed by atoms with E-state index < -0.39 is 17.3 Å². The zero-order valence-corrected chi connectivity index (χ0v) is 20.9. The lowest BCUT2D eigenvalue weighted by atomic mass is 10.00. The van der Waals surface area contributed by atoms with Crippen LogP contribution in [0.1, 0.15) is 44.4 Å². The number of carbonyl (C=O) groups is 1. The SMILES string of the molecule is C[C@H](NC(=O)C(C)(C)N1CC[C@@H](Oc2cccc(C(F)(F)F)c2)C1)c1ccc(-c2ncon2)cc1.Cl. The molecule has 1 aliphatic heterocycles. The van der Waals surface area contributed by atoms with E-state index in [2.05, 4.69) is 15.5 Å². The van der Waals surface area contributed by atoms with E-state index in [1.165, 1.54) is 18.5 Å². The number of hydrogen-bond acceptors (Lipinski definition) is 6. The van der Waals surface area contributed by atoms with Crippen molar-refractivity contribution in [3.05, 3.63) is 66.1 Å². The van der Waals surface area contributed by atoms with E-state index in [0.717, 1.165) is 23.3 Å². The number of halogens is 4. The normalized spacial score (nSPS) is 17.3. The van der Waals surface area contributed by atoms with Crippen LogP contribution in [0, 0.1) is 0 Å². The third-order valence-corrected chi connectivity index (χ3v) is 6.33. The first-order chi connectivity index (χ1) is 16.5. The van der Waals surface area contributed by atoms with Gasteiger partial charge in [-0.2, -0.15) is 18.2 Å². The molecule has 1 saturated heterocycles. The van der Waals surface area contributed by atoms with Crippen molar-refractivity contribution < 1.29 is 27.2 Å². The number of likely N-dealkylation sites (tertiary alicyclic amines) is 1. The number of amides is 1. The van der Waals surface area contributed by atoms with E-state index in [9.17, 15) is 18.0 Å². The van der Waals surface area contributed by atoms with Gasteiger partial charge in [-0.3, -0.25) is 9.69 Å². The maximum absolute atomic E-state index is 13.2. The van der Waals surface area contributed by atoms with Crippen LogP contribution in [0.3, 0.4) is 0 Å². The molecule has 1 aromatic heterocycles.